The summed E-state index contributed by atoms with van der Waals surface area (Å²) in [6.45, 7) is 1.77. The van der Waals surface area contributed by atoms with Crippen LogP contribution >= 0.6 is 0 Å². The number of hydrogen-bond acceptors (Lipinski definition) is 5. The fourth-order valence-corrected chi connectivity index (χ4v) is 3.71. The van der Waals surface area contributed by atoms with Crippen molar-refractivity contribution in [2.24, 2.45) is 0 Å². The Kier molecular flexibility index (Phi) is 4.77. The highest BCUT2D eigenvalue weighted by Crippen LogP contribution is 2.24. The second kappa shape index (κ2) is 7.01. The monoisotopic (exact) mass is 371 g/mol. The number of ether oxygens (including phenoxy) is 1. The van der Waals surface area contributed by atoms with E-state index in [0.717, 1.165) is 3.97 Å². The van der Waals surface area contributed by atoms with Gasteiger partial charge in [0.1, 0.15) is 11.4 Å². The lowest BCUT2D eigenvalue weighted by molar-refractivity contribution is 0.102. The molecule has 0 spiro atoms. The van der Waals surface area contributed by atoms with Gasteiger partial charge in [-0.2, -0.15) is 0 Å². The number of methoxy groups -OCH3 is 1. The maximum atomic E-state index is 12.8. The third-order valence-electron chi connectivity index (χ3n) is 3.76. The van der Waals surface area contributed by atoms with E-state index in [9.17, 15) is 13.2 Å². The molecule has 8 heteroatoms. The number of nitrogens with one attached hydrogen (secondary N) is 1. The summed E-state index contributed by atoms with van der Waals surface area (Å²) in [4.78, 5) is 16.2. The number of nitrogens with zero attached hydrogens (tertiary/aromatic N) is 2. The second-order valence-electron chi connectivity index (χ2n) is 5.54. The maximum Gasteiger partial charge on any atom is 0.274 e. The van der Waals surface area contributed by atoms with E-state index in [4.69, 9.17) is 4.74 Å². The largest absolute Gasteiger partial charge is 0.496 e. The van der Waals surface area contributed by atoms with Gasteiger partial charge in [0.2, 0.25) is 0 Å². The van der Waals surface area contributed by atoms with E-state index >= 15 is 0 Å². The summed E-state index contributed by atoms with van der Waals surface area (Å²) in [6.07, 6.45) is 4.23. The van der Waals surface area contributed by atoms with Gasteiger partial charge in [0.15, 0.2) is 0 Å². The zero-order valence-corrected chi connectivity index (χ0v) is 15.0. The summed E-state index contributed by atoms with van der Waals surface area (Å²) < 4.78 is 31.7. The number of aromatic nitrogens is 2. The molecule has 0 atom stereocenters. The number of amides is 1. The summed E-state index contributed by atoms with van der Waals surface area (Å²) in [5.41, 5.74) is 1.31. The van der Waals surface area contributed by atoms with Gasteiger partial charge in [-0.25, -0.2) is 12.4 Å². The Bertz CT molecular complexity index is 1040. The number of pyridine rings is 1. The highest BCUT2D eigenvalue weighted by atomic mass is 32.2. The molecule has 26 heavy (non-hydrogen) atoms. The SMILES string of the molecule is COc1ccc(S(=O)(=O)n2ccc(NC(=O)c3ccccn3)c2)cc1C. The quantitative estimate of drug-likeness (QED) is 0.745. The van der Waals surface area contributed by atoms with Crippen LogP contribution in [0, 0.1) is 6.92 Å². The van der Waals surface area contributed by atoms with Gasteiger partial charge in [0.25, 0.3) is 15.9 Å². The van der Waals surface area contributed by atoms with Crippen molar-refractivity contribution in [1.82, 2.24) is 8.96 Å². The van der Waals surface area contributed by atoms with E-state index in [-0.39, 0.29) is 10.6 Å². The van der Waals surface area contributed by atoms with Crippen molar-refractivity contribution in [3.63, 3.8) is 0 Å². The molecule has 1 aromatic carbocycles. The van der Waals surface area contributed by atoms with Crippen LogP contribution in [0.2, 0.25) is 0 Å². The van der Waals surface area contributed by atoms with Gasteiger partial charge < -0.3 is 10.1 Å². The minimum Gasteiger partial charge on any atom is -0.496 e. The molecular weight excluding hydrogens is 354 g/mol. The molecule has 2 heterocycles. The van der Waals surface area contributed by atoms with Crippen LogP contribution in [0.5, 0.6) is 5.75 Å². The van der Waals surface area contributed by atoms with Crippen molar-refractivity contribution in [1.29, 1.82) is 0 Å². The lowest BCUT2D eigenvalue weighted by Gasteiger charge is -2.09. The number of carbonyl (C=O) groups excluding carboxylic acids is 1. The van der Waals surface area contributed by atoms with Crippen LogP contribution in [-0.4, -0.2) is 30.4 Å². The van der Waals surface area contributed by atoms with Crippen LogP contribution in [0.15, 0.2) is 66.0 Å². The number of aryl methyl sites for hydroxylation is 1. The molecule has 0 fully saturated rings. The zero-order valence-electron chi connectivity index (χ0n) is 14.2. The molecule has 0 bridgehead atoms. The van der Waals surface area contributed by atoms with E-state index in [2.05, 4.69) is 10.3 Å². The van der Waals surface area contributed by atoms with E-state index in [0.29, 0.717) is 17.0 Å². The fourth-order valence-electron chi connectivity index (χ4n) is 2.43. The van der Waals surface area contributed by atoms with Crippen molar-refractivity contribution in [3.05, 3.63) is 72.3 Å². The molecule has 0 saturated carbocycles. The van der Waals surface area contributed by atoms with Crippen LogP contribution < -0.4 is 10.1 Å². The molecule has 134 valence electrons. The predicted molar refractivity (Wildman–Crippen MR) is 96.9 cm³/mol. The molecule has 3 rings (SSSR count). The van der Waals surface area contributed by atoms with Crippen molar-refractivity contribution in [2.45, 2.75) is 11.8 Å². The van der Waals surface area contributed by atoms with Gasteiger partial charge in [-0.15, -0.1) is 0 Å². The van der Waals surface area contributed by atoms with E-state index in [1.807, 2.05) is 0 Å². The normalized spacial score (nSPS) is 11.2. The Balaban J connectivity index is 1.84. The average molecular weight is 371 g/mol. The van der Waals surface area contributed by atoms with E-state index < -0.39 is 15.9 Å². The van der Waals surface area contributed by atoms with Gasteiger partial charge in [-0.1, -0.05) is 6.07 Å². The Hall–Kier alpha value is -3.13. The number of benzene rings is 1. The van der Waals surface area contributed by atoms with Crippen LogP contribution in [0.1, 0.15) is 16.1 Å². The Morgan fingerprint density at radius 2 is 2.00 bits per heavy atom. The van der Waals surface area contributed by atoms with Crippen molar-refractivity contribution >= 4 is 21.6 Å². The topological polar surface area (TPSA) is 90.3 Å². The molecule has 2 aromatic heterocycles. The summed E-state index contributed by atoms with van der Waals surface area (Å²) in [6, 6.07) is 11.1. The first-order valence-electron chi connectivity index (χ1n) is 7.72. The van der Waals surface area contributed by atoms with Crippen LogP contribution in [-0.2, 0) is 10.0 Å². The first-order chi connectivity index (χ1) is 12.4. The first kappa shape index (κ1) is 17.7. The highest BCUT2D eigenvalue weighted by Gasteiger charge is 2.18. The lowest BCUT2D eigenvalue weighted by atomic mass is 10.2. The predicted octanol–water partition coefficient (Wildman–Crippen LogP) is 2.69. The summed E-state index contributed by atoms with van der Waals surface area (Å²) in [5.74, 6) is 0.195. The standard InChI is InChI=1S/C18H17N3O4S/c1-13-11-15(6-7-17(13)25-2)26(23,24)21-10-8-14(12-21)20-18(22)16-5-3-4-9-19-16/h3-12H,1-2H3,(H,20,22). The molecule has 1 amide bonds. The number of anilines is 1. The van der Waals surface area contributed by atoms with Crippen LogP contribution in [0.4, 0.5) is 5.69 Å². The zero-order chi connectivity index (χ0) is 18.7. The minimum atomic E-state index is -3.77. The molecule has 0 unspecified atom stereocenters. The second-order valence-corrected chi connectivity index (χ2v) is 7.38. The van der Waals surface area contributed by atoms with E-state index in [1.54, 1.807) is 37.3 Å². The van der Waals surface area contributed by atoms with Gasteiger partial charge in [-0.3, -0.25) is 9.78 Å². The van der Waals surface area contributed by atoms with Gasteiger partial charge in [0, 0.05) is 18.6 Å². The van der Waals surface area contributed by atoms with Gasteiger partial charge in [0.05, 0.1) is 17.7 Å². The van der Waals surface area contributed by atoms with E-state index in [1.165, 1.54) is 37.8 Å². The summed E-state index contributed by atoms with van der Waals surface area (Å²) in [7, 11) is -2.25. The average Bonchev–Trinajstić information content (AvgIpc) is 3.11. The molecule has 0 radical (unpaired) electrons. The molecule has 1 N–H and O–H groups in total. The fraction of sp³-hybridized carbons (Fsp3) is 0.111. The molecule has 7 nitrogen and oxygen atoms in total. The Morgan fingerprint density at radius 3 is 2.65 bits per heavy atom. The third kappa shape index (κ3) is 3.45. The molecule has 0 saturated heterocycles. The van der Waals surface area contributed by atoms with Gasteiger partial charge >= 0.3 is 0 Å². The first-order valence-corrected chi connectivity index (χ1v) is 9.16. The molecular formula is C18H17N3O4S. The third-order valence-corrected chi connectivity index (χ3v) is 5.40. The molecule has 3 aromatic rings. The van der Waals surface area contributed by atoms with Crippen molar-refractivity contribution in [2.75, 3.05) is 12.4 Å². The summed E-state index contributed by atoms with van der Waals surface area (Å²) >= 11 is 0. The molecule has 0 aliphatic heterocycles. The number of hydrogen-bond donors (Lipinski definition) is 1. The molecule has 0 aliphatic carbocycles. The van der Waals surface area contributed by atoms with Crippen LogP contribution in [0.3, 0.4) is 0 Å². The summed E-state index contributed by atoms with van der Waals surface area (Å²) in [5, 5.41) is 2.63. The molecule has 0 aliphatic rings. The van der Waals surface area contributed by atoms with Gasteiger partial charge in [-0.05, 0) is 48.9 Å². The number of rotatable bonds is 5. The lowest BCUT2D eigenvalue weighted by Crippen LogP contribution is -2.14. The van der Waals surface area contributed by atoms with Crippen LogP contribution in [0.25, 0.3) is 0 Å². The Labute approximate surface area is 151 Å². The smallest absolute Gasteiger partial charge is 0.274 e. The highest BCUT2D eigenvalue weighted by molar-refractivity contribution is 7.90. The minimum absolute atomic E-state index is 0.133. The number of carbonyl (C=O) groups is 1. The van der Waals surface area contributed by atoms with Crippen molar-refractivity contribution < 1.29 is 17.9 Å². The Morgan fingerprint density at radius 1 is 1.19 bits per heavy atom. The maximum absolute atomic E-state index is 12.8. The van der Waals surface area contributed by atoms with Crippen molar-refractivity contribution in [3.8, 4) is 5.75 Å².